The number of aromatic carboxylic acids is 1. The lowest BCUT2D eigenvalue weighted by Crippen LogP contribution is -2.40. The van der Waals surface area contributed by atoms with Crippen molar-refractivity contribution in [3.8, 4) is 0 Å². The molecule has 2 heterocycles. The maximum absolute atomic E-state index is 12.6. The maximum atomic E-state index is 12.6. The molecule has 0 bridgehead atoms. The Kier molecular flexibility index (Phi) is 5.68. The highest BCUT2D eigenvalue weighted by molar-refractivity contribution is 5.88. The summed E-state index contributed by atoms with van der Waals surface area (Å²) in [5.41, 5.74) is 2.74. The highest BCUT2D eigenvalue weighted by Gasteiger charge is 2.28. The number of amides is 1. The molecule has 0 saturated heterocycles. The highest BCUT2D eigenvalue weighted by atomic mass is 16.6. The van der Waals surface area contributed by atoms with Crippen LogP contribution in [0.5, 0.6) is 0 Å². The van der Waals surface area contributed by atoms with Gasteiger partial charge in [0, 0.05) is 12.2 Å². The first-order chi connectivity index (χ1) is 13.2. The van der Waals surface area contributed by atoms with Crippen molar-refractivity contribution in [1.82, 2.24) is 4.98 Å². The number of benzene rings is 1. The molecule has 0 saturated carbocycles. The van der Waals surface area contributed by atoms with E-state index in [-0.39, 0.29) is 11.7 Å². The summed E-state index contributed by atoms with van der Waals surface area (Å²) in [6.07, 6.45) is 2.89. The number of aromatic nitrogens is 1. The van der Waals surface area contributed by atoms with Crippen molar-refractivity contribution < 1.29 is 19.4 Å². The van der Waals surface area contributed by atoms with Crippen molar-refractivity contribution in [1.29, 1.82) is 0 Å². The van der Waals surface area contributed by atoms with Crippen LogP contribution >= 0.6 is 0 Å². The van der Waals surface area contributed by atoms with Gasteiger partial charge < -0.3 is 9.84 Å². The molecular weight excluding hydrogens is 356 g/mol. The lowest BCUT2D eigenvalue weighted by atomic mass is 10.0. The zero-order valence-electron chi connectivity index (χ0n) is 16.6. The average molecular weight is 382 g/mol. The first-order valence-electron chi connectivity index (χ1n) is 9.54. The summed E-state index contributed by atoms with van der Waals surface area (Å²) in [5.74, 6) is -0.232. The lowest BCUT2D eigenvalue weighted by Gasteiger charge is -2.31. The summed E-state index contributed by atoms with van der Waals surface area (Å²) in [5, 5.41) is 8.98. The Morgan fingerprint density at radius 2 is 1.82 bits per heavy atom. The number of carboxylic acid groups (broad SMARTS) is 1. The van der Waals surface area contributed by atoms with Crippen LogP contribution in [-0.4, -0.2) is 34.3 Å². The summed E-state index contributed by atoms with van der Waals surface area (Å²) in [6.45, 7) is 6.18. The van der Waals surface area contributed by atoms with E-state index in [0.717, 1.165) is 36.1 Å². The quantitative estimate of drug-likeness (QED) is 0.855. The number of fused-ring (bicyclic) bond motifs is 1. The van der Waals surface area contributed by atoms with Crippen LogP contribution in [0.4, 0.5) is 10.6 Å². The number of hydrogen-bond acceptors (Lipinski definition) is 4. The minimum atomic E-state index is -0.926. The van der Waals surface area contributed by atoms with E-state index in [9.17, 15) is 9.59 Å². The number of carbonyl (C=O) groups is 2. The van der Waals surface area contributed by atoms with Gasteiger partial charge in [-0.05, 0) is 75.8 Å². The van der Waals surface area contributed by atoms with Crippen LogP contribution in [0, 0.1) is 0 Å². The third kappa shape index (κ3) is 4.88. The standard InChI is InChI=1S/C22H26N2O4/c1-22(2,3)28-21(27)24-14-4-5-16-11-13-18(23-19(16)24)12-8-15-6-9-17(10-7-15)20(25)26/h6-7,9-11,13H,4-5,8,12,14H2,1-3H3,(H,25,26). The topological polar surface area (TPSA) is 79.7 Å². The molecule has 28 heavy (non-hydrogen) atoms. The molecule has 6 nitrogen and oxygen atoms in total. The van der Waals surface area contributed by atoms with Crippen LogP contribution in [-0.2, 0) is 24.0 Å². The summed E-state index contributed by atoms with van der Waals surface area (Å²) in [6, 6.07) is 10.9. The van der Waals surface area contributed by atoms with Gasteiger partial charge in [0.1, 0.15) is 11.4 Å². The molecule has 2 aromatic rings. The van der Waals surface area contributed by atoms with Crippen LogP contribution in [0.3, 0.4) is 0 Å². The number of carboxylic acids is 1. The Bertz CT molecular complexity index is 869. The molecule has 1 amide bonds. The predicted molar refractivity (Wildman–Crippen MR) is 107 cm³/mol. The largest absolute Gasteiger partial charge is 0.478 e. The second-order valence-corrected chi connectivity index (χ2v) is 8.02. The number of anilines is 1. The second kappa shape index (κ2) is 8.00. The van der Waals surface area contributed by atoms with E-state index in [0.29, 0.717) is 18.8 Å². The molecule has 6 heteroatoms. The minimum absolute atomic E-state index is 0.281. The Hall–Kier alpha value is -2.89. The SMILES string of the molecule is CC(C)(C)OC(=O)N1CCCc2ccc(CCc3ccc(C(=O)O)cc3)nc21. The van der Waals surface area contributed by atoms with E-state index < -0.39 is 11.6 Å². The van der Waals surface area contributed by atoms with Gasteiger partial charge in [-0.25, -0.2) is 14.6 Å². The Balaban J connectivity index is 1.73. The van der Waals surface area contributed by atoms with E-state index in [1.807, 2.05) is 45.0 Å². The Morgan fingerprint density at radius 1 is 1.11 bits per heavy atom. The van der Waals surface area contributed by atoms with E-state index >= 15 is 0 Å². The zero-order valence-corrected chi connectivity index (χ0v) is 16.6. The number of ether oxygens (including phenoxy) is 1. The molecule has 1 aromatic heterocycles. The van der Waals surface area contributed by atoms with Gasteiger partial charge in [0.05, 0.1) is 5.56 Å². The Morgan fingerprint density at radius 3 is 2.46 bits per heavy atom. The summed E-state index contributed by atoms with van der Waals surface area (Å²) in [4.78, 5) is 29.9. The van der Waals surface area contributed by atoms with Gasteiger partial charge in [-0.2, -0.15) is 0 Å². The molecule has 0 radical (unpaired) electrons. The number of aryl methyl sites for hydroxylation is 3. The molecule has 0 atom stereocenters. The average Bonchev–Trinajstić information content (AvgIpc) is 2.64. The van der Waals surface area contributed by atoms with Crippen molar-refractivity contribution in [3.63, 3.8) is 0 Å². The van der Waals surface area contributed by atoms with E-state index in [1.54, 1.807) is 17.0 Å². The Labute approximate surface area is 165 Å². The third-order valence-electron chi connectivity index (χ3n) is 4.58. The molecule has 3 rings (SSSR count). The van der Waals surface area contributed by atoms with E-state index in [1.165, 1.54) is 0 Å². The molecule has 0 aliphatic carbocycles. The van der Waals surface area contributed by atoms with Crippen molar-refractivity contribution in [2.75, 3.05) is 11.4 Å². The monoisotopic (exact) mass is 382 g/mol. The lowest BCUT2D eigenvalue weighted by molar-refractivity contribution is 0.0575. The smallest absolute Gasteiger partial charge is 0.416 e. The first-order valence-corrected chi connectivity index (χ1v) is 9.54. The van der Waals surface area contributed by atoms with Crippen LogP contribution in [0.15, 0.2) is 36.4 Å². The second-order valence-electron chi connectivity index (χ2n) is 8.02. The summed E-state index contributed by atoms with van der Waals surface area (Å²) < 4.78 is 5.53. The first kappa shape index (κ1) is 19.9. The summed E-state index contributed by atoms with van der Waals surface area (Å²) in [7, 11) is 0. The number of carbonyl (C=O) groups excluding carboxylic acids is 1. The van der Waals surface area contributed by atoms with Crippen molar-refractivity contribution in [2.24, 2.45) is 0 Å². The number of nitrogens with zero attached hydrogens (tertiary/aromatic N) is 2. The van der Waals surface area contributed by atoms with Crippen molar-refractivity contribution >= 4 is 17.9 Å². The van der Waals surface area contributed by atoms with Crippen LogP contribution in [0.1, 0.15) is 54.4 Å². The molecule has 0 fully saturated rings. The molecule has 1 aliphatic heterocycles. The van der Waals surface area contributed by atoms with Gasteiger partial charge in [0.2, 0.25) is 0 Å². The molecule has 1 N–H and O–H groups in total. The van der Waals surface area contributed by atoms with Gasteiger partial charge in [0.15, 0.2) is 0 Å². The third-order valence-corrected chi connectivity index (χ3v) is 4.58. The predicted octanol–water partition coefficient (Wildman–Crippen LogP) is 4.25. The van der Waals surface area contributed by atoms with E-state index in [2.05, 4.69) is 0 Å². The molecule has 0 unspecified atom stereocenters. The highest BCUT2D eigenvalue weighted by Crippen LogP contribution is 2.27. The number of pyridine rings is 1. The molecule has 0 spiro atoms. The fraction of sp³-hybridized carbons (Fsp3) is 0.409. The molecule has 1 aromatic carbocycles. The maximum Gasteiger partial charge on any atom is 0.416 e. The minimum Gasteiger partial charge on any atom is -0.478 e. The van der Waals surface area contributed by atoms with Gasteiger partial charge in [0.25, 0.3) is 0 Å². The zero-order chi connectivity index (χ0) is 20.3. The van der Waals surface area contributed by atoms with Crippen LogP contribution in [0.2, 0.25) is 0 Å². The number of rotatable bonds is 4. The van der Waals surface area contributed by atoms with Crippen LogP contribution < -0.4 is 4.90 Å². The molecule has 148 valence electrons. The van der Waals surface area contributed by atoms with Gasteiger partial charge in [-0.3, -0.25) is 4.90 Å². The fourth-order valence-electron chi connectivity index (χ4n) is 3.20. The van der Waals surface area contributed by atoms with Crippen LogP contribution in [0.25, 0.3) is 0 Å². The van der Waals surface area contributed by atoms with Crippen molar-refractivity contribution in [3.05, 3.63) is 58.8 Å². The van der Waals surface area contributed by atoms with Gasteiger partial charge in [-0.1, -0.05) is 18.2 Å². The molecule has 1 aliphatic rings. The summed E-state index contributed by atoms with van der Waals surface area (Å²) >= 11 is 0. The van der Waals surface area contributed by atoms with Crippen molar-refractivity contribution in [2.45, 2.75) is 52.1 Å². The van der Waals surface area contributed by atoms with Gasteiger partial charge in [-0.15, -0.1) is 0 Å². The molecular formula is C22H26N2O4. The fourth-order valence-corrected chi connectivity index (χ4v) is 3.20. The normalized spacial score (nSPS) is 13.8. The van der Waals surface area contributed by atoms with E-state index in [4.69, 9.17) is 14.8 Å². The number of hydrogen-bond donors (Lipinski definition) is 1. The van der Waals surface area contributed by atoms with Gasteiger partial charge >= 0.3 is 12.1 Å².